The van der Waals surface area contributed by atoms with Crippen molar-refractivity contribution in [2.45, 2.75) is 44.9 Å². The number of benzene rings is 1. The highest BCUT2D eigenvalue weighted by molar-refractivity contribution is 5.96. The minimum Gasteiger partial charge on any atom is -0.357 e. The molecule has 0 aromatic heterocycles. The average Bonchev–Trinajstić information content (AvgIpc) is 2.49. The van der Waals surface area contributed by atoms with Crippen molar-refractivity contribution in [3.8, 4) is 0 Å². The fraction of sp³-hybridized carbons (Fsp3) is 0.588. The number of nitrogens with one attached hydrogen (secondary N) is 1. The van der Waals surface area contributed by atoms with E-state index >= 15 is 0 Å². The molecule has 1 saturated heterocycles. The van der Waals surface area contributed by atoms with E-state index < -0.39 is 0 Å². The van der Waals surface area contributed by atoms with Crippen LogP contribution in [0, 0.1) is 10.8 Å². The molecule has 2 fully saturated rings. The van der Waals surface area contributed by atoms with Crippen LogP contribution in [0.1, 0.15) is 50.5 Å². The minimum absolute atomic E-state index is 0.631. The van der Waals surface area contributed by atoms with Gasteiger partial charge in [0.2, 0.25) is 0 Å². The van der Waals surface area contributed by atoms with E-state index in [0.29, 0.717) is 11.3 Å². The molecule has 0 amide bonds. The highest BCUT2D eigenvalue weighted by Crippen LogP contribution is 2.44. The van der Waals surface area contributed by atoms with Crippen LogP contribution in [0.5, 0.6) is 0 Å². The molecule has 1 aliphatic carbocycles. The summed E-state index contributed by atoms with van der Waals surface area (Å²) in [6, 6.07) is 10.2. The van der Waals surface area contributed by atoms with Gasteiger partial charge in [0.05, 0.1) is 0 Å². The topological polar surface area (TPSA) is 27.1 Å². The van der Waals surface area contributed by atoms with E-state index in [1.165, 1.54) is 44.9 Å². The first kappa shape index (κ1) is 12.7. The number of likely N-dealkylation sites (tertiary alicyclic amines) is 1. The van der Waals surface area contributed by atoms with Crippen LogP contribution in [0.15, 0.2) is 30.3 Å². The van der Waals surface area contributed by atoms with Gasteiger partial charge in [-0.1, -0.05) is 49.6 Å². The van der Waals surface area contributed by atoms with Crippen LogP contribution in [0.2, 0.25) is 0 Å². The lowest BCUT2D eigenvalue weighted by atomic mass is 9.68. The van der Waals surface area contributed by atoms with Gasteiger partial charge < -0.3 is 4.90 Å². The molecule has 1 aliphatic heterocycles. The van der Waals surface area contributed by atoms with Crippen molar-refractivity contribution in [3.63, 3.8) is 0 Å². The summed E-state index contributed by atoms with van der Waals surface area (Å²) in [6.45, 7) is 2.15. The molecule has 2 heteroatoms. The van der Waals surface area contributed by atoms with Crippen LogP contribution in [-0.2, 0) is 0 Å². The lowest BCUT2D eigenvalue weighted by Crippen LogP contribution is -2.43. The lowest BCUT2D eigenvalue weighted by molar-refractivity contribution is 0.0977. The van der Waals surface area contributed by atoms with E-state index in [0.717, 1.165) is 18.7 Å². The quantitative estimate of drug-likeness (QED) is 0.595. The van der Waals surface area contributed by atoms with Crippen molar-refractivity contribution in [3.05, 3.63) is 35.9 Å². The fourth-order valence-corrected chi connectivity index (χ4v) is 3.79. The molecule has 1 aromatic carbocycles. The predicted molar refractivity (Wildman–Crippen MR) is 79.6 cm³/mol. The van der Waals surface area contributed by atoms with Gasteiger partial charge in [-0.3, -0.25) is 5.41 Å². The predicted octanol–water partition coefficient (Wildman–Crippen LogP) is 4.06. The highest BCUT2D eigenvalue weighted by Gasteiger charge is 2.36. The van der Waals surface area contributed by atoms with Crippen molar-refractivity contribution < 1.29 is 0 Å². The minimum atomic E-state index is 0.631. The number of hydrogen-bond donors (Lipinski definition) is 1. The maximum atomic E-state index is 8.35. The molecule has 102 valence electrons. The van der Waals surface area contributed by atoms with Crippen LogP contribution in [0.4, 0.5) is 0 Å². The van der Waals surface area contributed by atoms with Crippen LogP contribution in [-0.4, -0.2) is 23.8 Å². The molecule has 1 saturated carbocycles. The van der Waals surface area contributed by atoms with Crippen LogP contribution in [0.25, 0.3) is 0 Å². The summed E-state index contributed by atoms with van der Waals surface area (Å²) in [5.74, 6) is 0.714. The first-order valence-electron chi connectivity index (χ1n) is 7.68. The number of nitrogens with zero attached hydrogens (tertiary/aromatic N) is 1. The standard InChI is InChI=1S/C17H24N2/c18-16(15-7-3-1-4-8-15)19-13-11-17(12-14-19)9-5-2-6-10-17/h1,3-4,7-8,18H,2,5-6,9-14H2. The van der Waals surface area contributed by atoms with Gasteiger partial charge in [0, 0.05) is 18.7 Å². The van der Waals surface area contributed by atoms with Gasteiger partial charge in [0.15, 0.2) is 0 Å². The molecule has 19 heavy (non-hydrogen) atoms. The van der Waals surface area contributed by atoms with Gasteiger partial charge in [-0.2, -0.15) is 0 Å². The van der Waals surface area contributed by atoms with Crippen molar-refractivity contribution in [2.24, 2.45) is 5.41 Å². The molecule has 2 nitrogen and oxygen atoms in total. The Balaban J connectivity index is 1.62. The Morgan fingerprint density at radius 3 is 2.16 bits per heavy atom. The average molecular weight is 256 g/mol. The Labute approximate surface area is 116 Å². The van der Waals surface area contributed by atoms with Gasteiger partial charge in [0.25, 0.3) is 0 Å². The van der Waals surface area contributed by atoms with Gasteiger partial charge in [-0.15, -0.1) is 0 Å². The van der Waals surface area contributed by atoms with Crippen LogP contribution < -0.4 is 0 Å². The van der Waals surface area contributed by atoms with E-state index in [4.69, 9.17) is 5.41 Å². The third-order valence-corrected chi connectivity index (χ3v) is 5.10. The summed E-state index contributed by atoms with van der Waals surface area (Å²) in [5, 5.41) is 8.35. The number of hydrogen-bond acceptors (Lipinski definition) is 1. The van der Waals surface area contributed by atoms with Crippen molar-refractivity contribution in [2.75, 3.05) is 13.1 Å². The Bertz CT molecular complexity index is 422. The molecule has 0 bridgehead atoms. The zero-order chi connectivity index (χ0) is 13.1. The van der Waals surface area contributed by atoms with Crippen molar-refractivity contribution in [1.29, 1.82) is 5.41 Å². The van der Waals surface area contributed by atoms with E-state index in [-0.39, 0.29) is 0 Å². The first-order valence-corrected chi connectivity index (χ1v) is 7.68. The zero-order valence-electron chi connectivity index (χ0n) is 11.7. The van der Waals surface area contributed by atoms with Gasteiger partial charge in [0.1, 0.15) is 5.84 Å². The highest BCUT2D eigenvalue weighted by atomic mass is 15.2. The number of piperidine rings is 1. The second kappa shape index (κ2) is 5.36. The Morgan fingerprint density at radius 2 is 1.53 bits per heavy atom. The Hall–Kier alpha value is -1.31. The summed E-state index contributed by atoms with van der Waals surface area (Å²) in [6.07, 6.45) is 9.74. The molecule has 3 rings (SSSR count). The first-order chi connectivity index (χ1) is 9.29. The van der Waals surface area contributed by atoms with E-state index in [1.807, 2.05) is 30.3 Å². The second-order valence-electron chi connectivity index (χ2n) is 6.26. The number of amidine groups is 1. The summed E-state index contributed by atoms with van der Waals surface area (Å²) in [5.41, 5.74) is 1.69. The van der Waals surface area contributed by atoms with Crippen molar-refractivity contribution in [1.82, 2.24) is 4.90 Å². The van der Waals surface area contributed by atoms with Crippen LogP contribution >= 0.6 is 0 Å². The maximum absolute atomic E-state index is 8.35. The molecular weight excluding hydrogens is 232 g/mol. The summed E-state index contributed by atoms with van der Waals surface area (Å²) in [7, 11) is 0. The van der Waals surface area contributed by atoms with Crippen LogP contribution in [0.3, 0.4) is 0 Å². The molecule has 1 N–H and O–H groups in total. The molecule has 1 spiro atoms. The smallest absolute Gasteiger partial charge is 0.128 e. The second-order valence-corrected chi connectivity index (χ2v) is 6.26. The SMILES string of the molecule is N=C(c1ccccc1)N1CCC2(CCCCC2)CC1. The number of rotatable bonds is 1. The fourth-order valence-electron chi connectivity index (χ4n) is 3.79. The molecule has 0 unspecified atom stereocenters. The summed E-state index contributed by atoms with van der Waals surface area (Å²) in [4.78, 5) is 2.27. The summed E-state index contributed by atoms with van der Waals surface area (Å²) < 4.78 is 0. The molecule has 0 atom stereocenters. The van der Waals surface area contributed by atoms with Gasteiger partial charge in [-0.05, 0) is 31.1 Å². The Morgan fingerprint density at radius 1 is 0.895 bits per heavy atom. The maximum Gasteiger partial charge on any atom is 0.128 e. The van der Waals surface area contributed by atoms with E-state index in [2.05, 4.69) is 4.90 Å². The molecule has 0 radical (unpaired) electrons. The third-order valence-electron chi connectivity index (χ3n) is 5.10. The third kappa shape index (κ3) is 2.68. The largest absolute Gasteiger partial charge is 0.357 e. The molecule has 1 heterocycles. The molecular formula is C17H24N2. The lowest BCUT2D eigenvalue weighted by Gasteiger charge is -2.45. The van der Waals surface area contributed by atoms with Gasteiger partial charge >= 0.3 is 0 Å². The zero-order valence-corrected chi connectivity index (χ0v) is 11.7. The molecule has 2 aliphatic rings. The Kier molecular flexibility index (Phi) is 3.58. The van der Waals surface area contributed by atoms with E-state index in [1.54, 1.807) is 0 Å². The van der Waals surface area contributed by atoms with Crippen molar-refractivity contribution >= 4 is 5.84 Å². The summed E-state index contributed by atoms with van der Waals surface area (Å²) >= 11 is 0. The monoisotopic (exact) mass is 256 g/mol. The van der Waals surface area contributed by atoms with Gasteiger partial charge in [-0.25, -0.2) is 0 Å². The normalized spacial score (nSPS) is 22.4. The van der Waals surface area contributed by atoms with E-state index in [9.17, 15) is 0 Å². The molecule has 1 aromatic rings.